The molecule has 2 aromatic rings. The van der Waals surface area contributed by atoms with Gasteiger partial charge >= 0.3 is 0 Å². The van der Waals surface area contributed by atoms with Gasteiger partial charge in [-0.15, -0.1) is 0 Å². The van der Waals surface area contributed by atoms with Crippen molar-refractivity contribution in [2.24, 2.45) is 10.9 Å². The second kappa shape index (κ2) is 5.83. The monoisotopic (exact) mass is 285 g/mol. The molecule has 0 spiro atoms. The van der Waals surface area contributed by atoms with Gasteiger partial charge in [0, 0.05) is 28.7 Å². The number of hydrogen-bond acceptors (Lipinski definition) is 4. The third kappa shape index (κ3) is 2.96. The van der Waals surface area contributed by atoms with Gasteiger partial charge in [-0.25, -0.2) is 0 Å². The molecule has 1 unspecified atom stereocenters. The summed E-state index contributed by atoms with van der Waals surface area (Å²) in [5.41, 5.74) is 1.09. The molecule has 0 aliphatic carbocycles. The maximum Gasteiger partial charge on any atom is 0.161 e. The van der Waals surface area contributed by atoms with Gasteiger partial charge in [0.1, 0.15) is 0 Å². The van der Waals surface area contributed by atoms with Crippen molar-refractivity contribution >= 4 is 33.4 Å². The largest absolute Gasteiger partial charge is 0.334 e. The average Bonchev–Trinajstić information content (AvgIpc) is 2.86. The SMILES string of the molecule is CC(C)CC1CN=C(Nc2cccc3ccncc23)S1. The molecule has 0 bridgehead atoms. The number of aromatic nitrogens is 1. The molecule has 0 fully saturated rings. The van der Waals surface area contributed by atoms with Gasteiger partial charge in [-0.1, -0.05) is 37.7 Å². The van der Waals surface area contributed by atoms with Crippen molar-refractivity contribution in [1.82, 2.24) is 4.98 Å². The van der Waals surface area contributed by atoms with E-state index in [0.717, 1.165) is 28.7 Å². The Hall–Kier alpha value is -1.55. The zero-order valence-electron chi connectivity index (χ0n) is 11.8. The van der Waals surface area contributed by atoms with Crippen molar-refractivity contribution in [2.75, 3.05) is 11.9 Å². The van der Waals surface area contributed by atoms with Crippen LogP contribution in [0.15, 0.2) is 41.7 Å². The number of amidine groups is 1. The van der Waals surface area contributed by atoms with Crippen LogP contribution >= 0.6 is 11.8 Å². The molecular formula is C16H19N3S. The highest BCUT2D eigenvalue weighted by Gasteiger charge is 2.20. The van der Waals surface area contributed by atoms with Crippen LogP contribution in [-0.2, 0) is 0 Å². The van der Waals surface area contributed by atoms with Gasteiger partial charge in [-0.2, -0.15) is 0 Å². The van der Waals surface area contributed by atoms with Crippen molar-refractivity contribution in [3.8, 4) is 0 Å². The number of thioether (sulfide) groups is 1. The van der Waals surface area contributed by atoms with Crippen LogP contribution in [0.4, 0.5) is 5.69 Å². The highest BCUT2D eigenvalue weighted by molar-refractivity contribution is 8.15. The fraction of sp³-hybridized carbons (Fsp3) is 0.375. The summed E-state index contributed by atoms with van der Waals surface area (Å²) in [5.74, 6) is 0.726. The zero-order valence-corrected chi connectivity index (χ0v) is 12.7. The first-order valence-electron chi connectivity index (χ1n) is 7.03. The van der Waals surface area contributed by atoms with Crippen LogP contribution in [0.2, 0.25) is 0 Å². The molecule has 0 saturated heterocycles. The third-order valence-electron chi connectivity index (χ3n) is 3.38. The van der Waals surface area contributed by atoms with Crippen LogP contribution in [0.3, 0.4) is 0 Å². The lowest BCUT2D eigenvalue weighted by Gasteiger charge is -2.12. The molecule has 0 saturated carbocycles. The lowest BCUT2D eigenvalue weighted by molar-refractivity contribution is 0.575. The number of fused-ring (bicyclic) bond motifs is 1. The van der Waals surface area contributed by atoms with Crippen LogP contribution in [0.25, 0.3) is 10.8 Å². The van der Waals surface area contributed by atoms with E-state index >= 15 is 0 Å². The zero-order chi connectivity index (χ0) is 13.9. The Balaban J connectivity index is 1.75. The Kier molecular flexibility index (Phi) is 3.92. The molecule has 4 heteroatoms. The van der Waals surface area contributed by atoms with E-state index in [1.54, 1.807) is 0 Å². The van der Waals surface area contributed by atoms with E-state index in [4.69, 9.17) is 0 Å². The topological polar surface area (TPSA) is 37.3 Å². The molecule has 1 aromatic heterocycles. The summed E-state index contributed by atoms with van der Waals surface area (Å²) in [4.78, 5) is 8.84. The van der Waals surface area contributed by atoms with Crippen molar-refractivity contribution in [2.45, 2.75) is 25.5 Å². The van der Waals surface area contributed by atoms with Crippen molar-refractivity contribution in [3.05, 3.63) is 36.7 Å². The summed E-state index contributed by atoms with van der Waals surface area (Å²) < 4.78 is 0. The van der Waals surface area contributed by atoms with Crippen molar-refractivity contribution < 1.29 is 0 Å². The second-order valence-corrected chi connectivity index (χ2v) is 6.83. The smallest absolute Gasteiger partial charge is 0.161 e. The first-order valence-corrected chi connectivity index (χ1v) is 7.91. The summed E-state index contributed by atoms with van der Waals surface area (Å²) in [6.45, 7) is 5.46. The molecule has 2 heterocycles. The van der Waals surface area contributed by atoms with Crippen molar-refractivity contribution in [1.29, 1.82) is 0 Å². The van der Waals surface area contributed by atoms with Gasteiger partial charge < -0.3 is 5.32 Å². The second-order valence-electron chi connectivity index (χ2n) is 5.54. The van der Waals surface area contributed by atoms with Gasteiger partial charge in [0.2, 0.25) is 0 Å². The fourth-order valence-corrected chi connectivity index (χ4v) is 3.74. The molecule has 3 nitrogen and oxygen atoms in total. The van der Waals surface area contributed by atoms with E-state index in [2.05, 4.69) is 47.3 Å². The summed E-state index contributed by atoms with van der Waals surface area (Å²) in [7, 11) is 0. The average molecular weight is 285 g/mol. The van der Waals surface area contributed by atoms with Crippen LogP contribution < -0.4 is 5.32 Å². The summed E-state index contributed by atoms with van der Waals surface area (Å²) in [5, 5.41) is 7.46. The lowest BCUT2D eigenvalue weighted by atomic mass is 10.1. The van der Waals surface area contributed by atoms with Gasteiger partial charge in [0.25, 0.3) is 0 Å². The number of nitrogens with one attached hydrogen (secondary N) is 1. The summed E-state index contributed by atoms with van der Waals surface area (Å²) >= 11 is 1.86. The maximum absolute atomic E-state index is 4.62. The fourth-order valence-electron chi connectivity index (χ4n) is 2.47. The number of benzene rings is 1. The number of anilines is 1. The van der Waals surface area contributed by atoms with E-state index in [0.29, 0.717) is 5.25 Å². The molecule has 1 N–H and O–H groups in total. The van der Waals surface area contributed by atoms with E-state index in [1.165, 1.54) is 11.8 Å². The lowest BCUT2D eigenvalue weighted by Crippen LogP contribution is -2.09. The predicted molar refractivity (Wildman–Crippen MR) is 88.5 cm³/mol. The minimum atomic E-state index is 0.616. The molecular weight excluding hydrogens is 266 g/mol. The molecule has 0 radical (unpaired) electrons. The maximum atomic E-state index is 4.62. The molecule has 1 atom stereocenters. The highest BCUT2D eigenvalue weighted by Crippen LogP contribution is 2.29. The molecule has 3 rings (SSSR count). The Morgan fingerprint density at radius 3 is 3.10 bits per heavy atom. The van der Waals surface area contributed by atoms with Crippen LogP contribution in [-0.4, -0.2) is 21.9 Å². The van der Waals surface area contributed by atoms with E-state index in [9.17, 15) is 0 Å². The molecule has 1 aromatic carbocycles. The number of pyridine rings is 1. The Morgan fingerprint density at radius 2 is 2.25 bits per heavy atom. The third-order valence-corrected chi connectivity index (χ3v) is 4.51. The van der Waals surface area contributed by atoms with Gasteiger partial charge in [-0.3, -0.25) is 9.98 Å². The standard InChI is InChI=1S/C16H19N3S/c1-11(2)8-13-9-18-16(20-13)19-15-5-3-4-12-6-7-17-10-14(12)15/h3-7,10-11,13H,8-9H2,1-2H3,(H,18,19). The highest BCUT2D eigenvalue weighted by atomic mass is 32.2. The Bertz CT molecular complexity index is 631. The van der Waals surface area contributed by atoms with Gasteiger partial charge in [0.15, 0.2) is 5.17 Å². The first kappa shape index (κ1) is 13.4. The van der Waals surface area contributed by atoms with Crippen molar-refractivity contribution in [3.63, 3.8) is 0 Å². The minimum Gasteiger partial charge on any atom is -0.334 e. The summed E-state index contributed by atoms with van der Waals surface area (Å²) in [6.07, 6.45) is 4.95. The molecule has 0 amide bonds. The number of rotatable bonds is 3. The predicted octanol–water partition coefficient (Wildman–Crippen LogP) is 4.16. The number of nitrogens with zero attached hydrogens (tertiary/aromatic N) is 2. The summed E-state index contributed by atoms with van der Waals surface area (Å²) in [6, 6.07) is 8.29. The van der Waals surface area contributed by atoms with E-state index < -0.39 is 0 Å². The Morgan fingerprint density at radius 1 is 1.35 bits per heavy atom. The van der Waals surface area contributed by atoms with Crippen LogP contribution in [0.1, 0.15) is 20.3 Å². The number of hydrogen-bond donors (Lipinski definition) is 1. The van der Waals surface area contributed by atoms with Gasteiger partial charge in [-0.05, 0) is 29.9 Å². The van der Waals surface area contributed by atoms with Crippen LogP contribution in [0, 0.1) is 5.92 Å². The van der Waals surface area contributed by atoms with E-state index in [-0.39, 0.29) is 0 Å². The van der Waals surface area contributed by atoms with Gasteiger partial charge in [0.05, 0.1) is 6.54 Å². The molecule has 104 valence electrons. The van der Waals surface area contributed by atoms with E-state index in [1.807, 2.05) is 30.2 Å². The Labute approximate surface area is 123 Å². The van der Waals surface area contributed by atoms with Crippen LogP contribution in [0.5, 0.6) is 0 Å². The quantitative estimate of drug-likeness (QED) is 0.920. The molecule has 20 heavy (non-hydrogen) atoms. The normalized spacial score (nSPS) is 18.6. The molecule has 1 aliphatic rings. The first-order chi connectivity index (χ1) is 9.72. The number of aliphatic imine (C=N–C) groups is 1. The molecule has 1 aliphatic heterocycles. The minimum absolute atomic E-state index is 0.616.